The fraction of sp³-hybridized carbons (Fsp3) is 0.400. The van der Waals surface area contributed by atoms with Gasteiger partial charge in [0, 0.05) is 30.8 Å². The highest BCUT2D eigenvalue weighted by molar-refractivity contribution is 6.39. The lowest BCUT2D eigenvalue weighted by molar-refractivity contribution is -0.148. The summed E-state index contributed by atoms with van der Waals surface area (Å²) in [5.74, 6) is -1.11. The molecule has 10 heteroatoms. The first kappa shape index (κ1) is 25.1. The zero-order chi connectivity index (χ0) is 25.3. The molecule has 0 aliphatic heterocycles. The van der Waals surface area contributed by atoms with Crippen molar-refractivity contribution in [2.75, 3.05) is 5.32 Å². The fourth-order valence-corrected chi connectivity index (χ4v) is 5.23. The van der Waals surface area contributed by atoms with Gasteiger partial charge in [-0.3, -0.25) is 19.4 Å². The first-order valence-corrected chi connectivity index (χ1v) is 12.2. The van der Waals surface area contributed by atoms with Crippen LogP contribution in [-0.4, -0.2) is 31.5 Å². The van der Waals surface area contributed by atoms with Crippen molar-refractivity contribution in [3.63, 3.8) is 0 Å². The highest BCUT2D eigenvalue weighted by Gasteiger charge is 2.33. The number of carbonyl (C=O) groups is 2. The number of rotatable bonds is 6. The predicted molar refractivity (Wildman–Crippen MR) is 135 cm³/mol. The Bertz CT molecular complexity index is 1330. The summed E-state index contributed by atoms with van der Waals surface area (Å²) in [5.41, 5.74) is -0.539. The van der Waals surface area contributed by atoms with Crippen LogP contribution < -0.4 is 10.7 Å². The Morgan fingerprint density at radius 1 is 1.17 bits per heavy atom. The molecule has 3 aromatic rings. The van der Waals surface area contributed by atoms with Crippen LogP contribution in [0.2, 0.25) is 10.0 Å². The van der Waals surface area contributed by atoms with Crippen LogP contribution in [0.4, 0.5) is 5.69 Å². The van der Waals surface area contributed by atoms with Crippen molar-refractivity contribution in [2.24, 2.45) is 11.3 Å². The molecule has 0 saturated heterocycles. The van der Waals surface area contributed by atoms with Gasteiger partial charge in [-0.2, -0.15) is 0 Å². The molecule has 3 heterocycles. The first-order valence-electron chi connectivity index (χ1n) is 11.4. The Morgan fingerprint density at radius 2 is 1.83 bits per heavy atom. The number of nitrogens with zero attached hydrogens (tertiary/aromatic N) is 3. The van der Waals surface area contributed by atoms with E-state index in [9.17, 15) is 19.5 Å². The van der Waals surface area contributed by atoms with Crippen LogP contribution in [0.3, 0.4) is 0 Å². The van der Waals surface area contributed by atoms with Gasteiger partial charge in [0.1, 0.15) is 11.2 Å². The van der Waals surface area contributed by atoms with Crippen molar-refractivity contribution in [2.45, 2.75) is 52.0 Å². The van der Waals surface area contributed by atoms with E-state index in [4.69, 9.17) is 23.2 Å². The molecule has 0 bridgehead atoms. The summed E-state index contributed by atoms with van der Waals surface area (Å²) >= 11 is 12.3. The maximum Gasteiger partial charge on any atom is 0.309 e. The summed E-state index contributed by atoms with van der Waals surface area (Å²) in [6, 6.07) is 3.35. The van der Waals surface area contributed by atoms with Gasteiger partial charge in [0.2, 0.25) is 5.43 Å². The lowest BCUT2D eigenvalue weighted by atomic mass is 9.75. The maximum atomic E-state index is 13.2. The average Bonchev–Trinajstić information content (AvgIpc) is 2.82. The normalized spacial score (nSPS) is 18.4. The number of carboxylic acid groups (broad SMARTS) is 1. The Kier molecular flexibility index (Phi) is 7.15. The molecule has 8 nitrogen and oxygen atoms in total. The third kappa shape index (κ3) is 5.18. The number of nitrogens with one attached hydrogen (secondary N) is 1. The summed E-state index contributed by atoms with van der Waals surface area (Å²) < 4.78 is 1.90. The molecule has 0 spiro atoms. The molecule has 0 unspecified atom stereocenters. The van der Waals surface area contributed by atoms with Gasteiger partial charge < -0.3 is 15.0 Å². The van der Waals surface area contributed by atoms with Gasteiger partial charge in [0.25, 0.3) is 5.91 Å². The molecule has 0 radical (unpaired) electrons. The minimum absolute atomic E-state index is 0.0249. The van der Waals surface area contributed by atoms with Crippen molar-refractivity contribution in [3.8, 4) is 0 Å². The van der Waals surface area contributed by atoms with Crippen molar-refractivity contribution in [1.82, 2.24) is 14.5 Å². The molecule has 35 heavy (non-hydrogen) atoms. The quantitative estimate of drug-likeness (QED) is 0.441. The maximum absolute atomic E-state index is 13.2. The van der Waals surface area contributed by atoms with Crippen LogP contribution in [0.25, 0.3) is 11.0 Å². The average molecular weight is 517 g/mol. The molecule has 2 N–H and O–H groups in total. The number of pyridine rings is 3. The van der Waals surface area contributed by atoms with Gasteiger partial charge in [-0.1, -0.05) is 23.2 Å². The molecule has 0 aromatic carbocycles. The van der Waals surface area contributed by atoms with Crippen molar-refractivity contribution in [1.29, 1.82) is 0 Å². The number of anilines is 1. The third-order valence-electron chi connectivity index (χ3n) is 6.71. The first-order chi connectivity index (χ1) is 16.6. The molecule has 1 aliphatic carbocycles. The van der Waals surface area contributed by atoms with E-state index in [0.717, 1.165) is 25.7 Å². The second kappa shape index (κ2) is 9.95. The van der Waals surface area contributed by atoms with Gasteiger partial charge >= 0.3 is 5.97 Å². The Morgan fingerprint density at radius 3 is 2.46 bits per heavy atom. The lowest BCUT2D eigenvalue weighted by Gasteiger charge is -2.34. The smallest absolute Gasteiger partial charge is 0.309 e. The number of carbonyl (C=O) groups excluding carboxylic acids is 1. The number of halogens is 2. The van der Waals surface area contributed by atoms with Crippen LogP contribution in [-0.2, 0) is 4.79 Å². The summed E-state index contributed by atoms with van der Waals surface area (Å²) in [7, 11) is 0. The van der Waals surface area contributed by atoms with Gasteiger partial charge in [0.15, 0.2) is 0 Å². The molecule has 1 amide bonds. The predicted octanol–water partition coefficient (Wildman–Crippen LogP) is 5.58. The molecule has 0 atom stereocenters. The van der Waals surface area contributed by atoms with E-state index in [2.05, 4.69) is 15.3 Å². The largest absolute Gasteiger partial charge is 0.481 e. The number of aromatic nitrogens is 3. The fourth-order valence-electron chi connectivity index (χ4n) is 4.77. The Balaban J connectivity index is 1.64. The molecule has 1 saturated carbocycles. The molecule has 1 fully saturated rings. The zero-order valence-electron chi connectivity index (χ0n) is 19.4. The molecule has 1 aliphatic rings. The zero-order valence-corrected chi connectivity index (χ0v) is 20.9. The van der Waals surface area contributed by atoms with Crippen molar-refractivity contribution in [3.05, 3.63) is 62.8 Å². The Labute approximate surface area is 212 Å². The van der Waals surface area contributed by atoms with Crippen molar-refractivity contribution < 1.29 is 14.7 Å². The van der Waals surface area contributed by atoms with Crippen LogP contribution in [0.5, 0.6) is 0 Å². The monoisotopic (exact) mass is 516 g/mol. The second-order valence-electron chi connectivity index (χ2n) is 9.65. The van der Waals surface area contributed by atoms with Gasteiger partial charge in [0.05, 0.1) is 26.5 Å². The third-order valence-corrected chi connectivity index (χ3v) is 7.29. The van der Waals surface area contributed by atoms with Gasteiger partial charge in [-0.15, -0.1) is 0 Å². The molecular weight excluding hydrogens is 491 g/mol. The minimum atomic E-state index is -0.791. The number of hydrogen-bond acceptors (Lipinski definition) is 5. The summed E-state index contributed by atoms with van der Waals surface area (Å²) in [5, 5.41) is 12.8. The second-order valence-corrected chi connectivity index (χ2v) is 10.5. The van der Waals surface area contributed by atoms with E-state index >= 15 is 0 Å². The minimum Gasteiger partial charge on any atom is -0.481 e. The highest BCUT2D eigenvalue weighted by atomic mass is 35.5. The van der Waals surface area contributed by atoms with E-state index in [1.807, 2.05) is 4.57 Å². The van der Waals surface area contributed by atoms with E-state index in [1.54, 1.807) is 38.4 Å². The van der Waals surface area contributed by atoms with Gasteiger partial charge in [-0.25, -0.2) is 4.98 Å². The number of amides is 1. The van der Waals surface area contributed by atoms with E-state index in [1.165, 1.54) is 12.4 Å². The number of hydrogen-bond donors (Lipinski definition) is 2. The number of carboxylic acids is 1. The summed E-state index contributed by atoms with van der Waals surface area (Å²) in [6.07, 6.45) is 9.79. The SMILES string of the molecule is CC(C)(CC1CCC(n2cc(C(=O)Nc3c(Cl)cncc3Cl)c(=O)c3cccnc32)CC1)C(=O)O. The molecule has 184 valence electrons. The molecule has 4 rings (SSSR count). The van der Waals surface area contributed by atoms with Crippen LogP contribution in [0, 0.1) is 11.3 Å². The van der Waals surface area contributed by atoms with E-state index < -0.39 is 22.7 Å². The van der Waals surface area contributed by atoms with Gasteiger partial charge in [-0.05, 0) is 64.0 Å². The highest BCUT2D eigenvalue weighted by Crippen LogP contribution is 2.39. The van der Waals surface area contributed by atoms with Crippen LogP contribution >= 0.6 is 23.2 Å². The van der Waals surface area contributed by atoms with Crippen molar-refractivity contribution >= 4 is 51.8 Å². The van der Waals surface area contributed by atoms with Crippen LogP contribution in [0.1, 0.15) is 62.4 Å². The number of aliphatic carboxylic acids is 1. The number of fused-ring (bicyclic) bond motifs is 1. The van der Waals surface area contributed by atoms with E-state index in [0.29, 0.717) is 23.4 Å². The lowest BCUT2D eigenvalue weighted by Crippen LogP contribution is -2.30. The topological polar surface area (TPSA) is 114 Å². The summed E-state index contributed by atoms with van der Waals surface area (Å²) in [4.78, 5) is 46.2. The molecular formula is C25H26Cl2N4O4. The van der Waals surface area contributed by atoms with Crippen LogP contribution in [0.15, 0.2) is 41.7 Å². The standard InChI is InChI=1S/C25H26Cl2N4O4/c1-25(2,24(34)35)10-14-5-7-15(8-6-14)31-13-17(21(32)16-4-3-9-29-22(16)31)23(33)30-20-18(26)11-28-12-19(20)27/h3-4,9,11-15H,5-8,10H2,1-2H3,(H,34,35)(H,28,30,33). The Hall–Kier alpha value is -2.97. The molecule has 3 aromatic heterocycles. The van der Waals surface area contributed by atoms with E-state index in [-0.39, 0.29) is 27.3 Å². The summed E-state index contributed by atoms with van der Waals surface area (Å²) in [6.45, 7) is 3.51.